The number of aliphatic hydroxyl groups excluding tert-OH is 1. The van der Waals surface area contributed by atoms with Gasteiger partial charge in [-0.1, -0.05) is 270 Å². The lowest BCUT2D eigenvalue weighted by atomic mass is 10.0. The van der Waals surface area contributed by atoms with Crippen molar-refractivity contribution in [2.45, 2.75) is 264 Å². The van der Waals surface area contributed by atoms with Crippen LogP contribution in [-0.4, -0.2) is 36.4 Å². The molecule has 1 unspecified atom stereocenters. The van der Waals surface area contributed by atoms with E-state index in [-0.39, 0.29) is 25.2 Å². The normalized spacial score (nSPS) is 13.1. The minimum Gasteiger partial charge on any atom is -0.462 e. The Bertz CT molecular complexity index is 1420. The van der Waals surface area contributed by atoms with Gasteiger partial charge < -0.3 is 14.6 Å². The second-order valence-corrected chi connectivity index (χ2v) is 19.0. The molecule has 398 valence electrons. The monoisotopic (exact) mass is 969 g/mol. The van der Waals surface area contributed by atoms with Gasteiger partial charge in [-0.25, -0.2) is 0 Å². The van der Waals surface area contributed by atoms with Crippen molar-refractivity contribution in [2.75, 3.05) is 13.2 Å². The summed E-state index contributed by atoms with van der Waals surface area (Å²) in [6.07, 6.45) is 87.7. The number of carbonyl (C=O) groups excluding carboxylic acids is 2. The fourth-order valence-electron chi connectivity index (χ4n) is 7.97. The van der Waals surface area contributed by atoms with Crippen LogP contribution in [0.4, 0.5) is 0 Å². The molecule has 5 nitrogen and oxygen atoms in total. The summed E-state index contributed by atoms with van der Waals surface area (Å²) < 4.78 is 10.6. The van der Waals surface area contributed by atoms with Crippen molar-refractivity contribution in [2.24, 2.45) is 0 Å². The summed E-state index contributed by atoms with van der Waals surface area (Å²) in [5.41, 5.74) is 0. The maximum absolute atomic E-state index is 12.3. The molecule has 0 aliphatic carbocycles. The summed E-state index contributed by atoms with van der Waals surface area (Å²) in [6, 6.07) is 0. The average molecular weight is 970 g/mol. The van der Waals surface area contributed by atoms with E-state index in [1.54, 1.807) is 0 Å². The summed E-state index contributed by atoms with van der Waals surface area (Å²) >= 11 is 0. The molecule has 0 fully saturated rings. The van der Waals surface area contributed by atoms with Crippen LogP contribution in [0.2, 0.25) is 0 Å². The van der Waals surface area contributed by atoms with Crippen molar-refractivity contribution in [1.29, 1.82) is 0 Å². The van der Waals surface area contributed by atoms with Gasteiger partial charge in [0.1, 0.15) is 6.61 Å². The molecule has 0 spiro atoms. The minimum atomic E-state index is -0.800. The largest absolute Gasteiger partial charge is 0.462 e. The Kier molecular flexibility index (Phi) is 56.5. The summed E-state index contributed by atoms with van der Waals surface area (Å²) in [4.78, 5) is 24.4. The maximum atomic E-state index is 12.3. The Morgan fingerprint density at radius 3 is 0.900 bits per heavy atom. The number of allylic oxidation sites excluding steroid dienone is 20. The zero-order chi connectivity index (χ0) is 50.6. The van der Waals surface area contributed by atoms with Gasteiger partial charge in [-0.3, -0.25) is 9.59 Å². The zero-order valence-electron chi connectivity index (χ0n) is 45.5. The highest BCUT2D eigenvalue weighted by atomic mass is 16.6. The van der Waals surface area contributed by atoms with Crippen LogP contribution in [0.5, 0.6) is 0 Å². The van der Waals surface area contributed by atoms with Gasteiger partial charge in [0, 0.05) is 12.8 Å². The molecule has 0 heterocycles. The van der Waals surface area contributed by atoms with E-state index in [9.17, 15) is 14.7 Å². The number of hydrogen-bond donors (Lipinski definition) is 1. The summed E-state index contributed by atoms with van der Waals surface area (Å²) in [5.74, 6) is -0.657. The number of esters is 2. The number of hydrogen-bond acceptors (Lipinski definition) is 5. The van der Waals surface area contributed by atoms with Gasteiger partial charge in [0.05, 0.1) is 6.61 Å². The predicted octanol–water partition coefficient (Wildman–Crippen LogP) is 19.9. The molecule has 0 radical (unpaired) electrons. The number of ether oxygens (including phenoxy) is 2. The van der Waals surface area contributed by atoms with Crippen LogP contribution in [-0.2, 0) is 19.1 Å². The predicted molar refractivity (Wildman–Crippen MR) is 306 cm³/mol. The first-order chi connectivity index (χ1) is 34.6. The zero-order valence-corrected chi connectivity index (χ0v) is 45.5. The minimum absolute atomic E-state index is 0.0987. The molecule has 0 aromatic heterocycles. The first-order valence-electron chi connectivity index (χ1n) is 29.1. The Morgan fingerprint density at radius 1 is 0.329 bits per heavy atom. The van der Waals surface area contributed by atoms with E-state index >= 15 is 0 Å². The first kappa shape index (κ1) is 66.3. The average Bonchev–Trinajstić information content (AvgIpc) is 3.36. The third-order valence-corrected chi connectivity index (χ3v) is 12.3. The summed E-state index contributed by atoms with van der Waals surface area (Å²) in [7, 11) is 0. The molecule has 0 saturated carbocycles. The first-order valence-corrected chi connectivity index (χ1v) is 29.1. The van der Waals surface area contributed by atoms with Crippen LogP contribution in [0.15, 0.2) is 122 Å². The van der Waals surface area contributed by atoms with Gasteiger partial charge in [0.15, 0.2) is 6.10 Å². The van der Waals surface area contributed by atoms with Crippen LogP contribution in [0.3, 0.4) is 0 Å². The third kappa shape index (κ3) is 56.9. The van der Waals surface area contributed by atoms with Gasteiger partial charge in [-0.05, 0) is 96.3 Å². The van der Waals surface area contributed by atoms with E-state index in [1.165, 1.54) is 135 Å². The quantitative estimate of drug-likeness (QED) is 0.0374. The molecule has 1 N–H and O–H groups in total. The fourth-order valence-corrected chi connectivity index (χ4v) is 7.97. The molecule has 0 aromatic rings. The van der Waals surface area contributed by atoms with Crippen LogP contribution < -0.4 is 0 Å². The molecule has 0 aliphatic heterocycles. The van der Waals surface area contributed by atoms with E-state index in [1.807, 2.05) is 0 Å². The Morgan fingerprint density at radius 2 is 0.586 bits per heavy atom. The summed E-state index contributed by atoms with van der Waals surface area (Å²) in [6.45, 7) is 3.87. The molecular formula is C65H108O5. The fraction of sp³-hybridized carbons (Fsp3) is 0.662. The van der Waals surface area contributed by atoms with Gasteiger partial charge in [0.25, 0.3) is 0 Å². The highest BCUT2D eigenvalue weighted by Crippen LogP contribution is 2.16. The van der Waals surface area contributed by atoms with Gasteiger partial charge >= 0.3 is 11.9 Å². The maximum Gasteiger partial charge on any atom is 0.306 e. The van der Waals surface area contributed by atoms with Gasteiger partial charge in [-0.15, -0.1) is 0 Å². The van der Waals surface area contributed by atoms with Crippen LogP contribution in [0.1, 0.15) is 258 Å². The van der Waals surface area contributed by atoms with Crippen molar-refractivity contribution >= 4 is 11.9 Å². The van der Waals surface area contributed by atoms with Crippen molar-refractivity contribution in [3.05, 3.63) is 122 Å². The molecule has 0 aromatic carbocycles. The number of unbranched alkanes of at least 4 members (excludes halogenated alkanes) is 24. The Balaban J connectivity index is 3.47. The molecule has 0 aliphatic rings. The second kappa shape index (κ2) is 59.6. The molecule has 70 heavy (non-hydrogen) atoms. The smallest absolute Gasteiger partial charge is 0.306 e. The molecule has 0 rings (SSSR count). The van der Waals surface area contributed by atoms with Crippen LogP contribution >= 0.6 is 0 Å². The van der Waals surface area contributed by atoms with Crippen LogP contribution in [0.25, 0.3) is 0 Å². The molecule has 0 amide bonds. The molecule has 5 heteroatoms. The molecule has 1 atom stereocenters. The van der Waals surface area contributed by atoms with E-state index in [0.717, 1.165) is 89.9 Å². The summed E-state index contributed by atoms with van der Waals surface area (Å²) in [5, 5.41) is 9.63. The molecule has 0 saturated heterocycles. The number of aliphatic hydroxyl groups is 1. The number of rotatable bonds is 52. The lowest BCUT2D eigenvalue weighted by molar-refractivity contribution is -0.161. The third-order valence-electron chi connectivity index (χ3n) is 12.3. The van der Waals surface area contributed by atoms with Crippen molar-refractivity contribution < 1.29 is 24.2 Å². The lowest BCUT2D eigenvalue weighted by Crippen LogP contribution is -2.28. The number of carbonyl (C=O) groups is 2. The SMILES string of the molecule is CC/C=C\C/C=C\C/C=C\C/C=C\C/C=C\CCCCCCCCCCCCCCCCCCCCCCCCCC(=O)OC(CO)COC(=O)CCC/C=C\C/C=C\C/C=C\C/C=C\C/C=C\CC. The van der Waals surface area contributed by atoms with Crippen molar-refractivity contribution in [3.8, 4) is 0 Å². The van der Waals surface area contributed by atoms with E-state index in [4.69, 9.17) is 9.47 Å². The van der Waals surface area contributed by atoms with E-state index < -0.39 is 6.10 Å². The van der Waals surface area contributed by atoms with Crippen molar-refractivity contribution in [1.82, 2.24) is 0 Å². The topological polar surface area (TPSA) is 72.8 Å². The van der Waals surface area contributed by atoms with E-state index in [0.29, 0.717) is 19.3 Å². The lowest BCUT2D eigenvalue weighted by Gasteiger charge is -2.15. The molecular weight excluding hydrogens is 861 g/mol. The highest BCUT2D eigenvalue weighted by molar-refractivity contribution is 5.70. The van der Waals surface area contributed by atoms with Gasteiger partial charge in [-0.2, -0.15) is 0 Å². The highest BCUT2D eigenvalue weighted by Gasteiger charge is 2.16. The standard InChI is InChI=1S/C65H108O5/c1-3-5-7-9-11-13-15-17-19-21-22-23-24-25-26-27-28-29-30-31-32-33-34-35-36-37-38-39-40-41-42-44-46-48-50-52-54-56-58-60-65(68)70-63(61-66)62-69-64(67)59-57-55-53-51-49-47-45-43-20-18-16-14-12-10-8-6-4-2/h5-8,11-14,17-20,22-23,25-26,45,47,51,53,63,66H,3-4,9-10,15-16,21,24,27-44,46,48-50,52,54-62H2,1-2H3/b7-5-,8-6-,13-11-,14-12-,19-17-,20-18-,23-22-,26-25-,47-45-,53-51-. The van der Waals surface area contributed by atoms with Crippen molar-refractivity contribution in [3.63, 3.8) is 0 Å². The molecule has 0 bridgehead atoms. The van der Waals surface area contributed by atoms with E-state index in [2.05, 4.69) is 135 Å². The Labute approximate surface area is 433 Å². The van der Waals surface area contributed by atoms with Gasteiger partial charge in [0.2, 0.25) is 0 Å². The van der Waals surface area contributed by atoms with Crippen LogP contribution in [0, 0.1) is 0 Å². The Hall–Kier alpha value is -3.70. The second-order valence-electron chi connectivity index (χ2n) is 19.0.